The molecule has 20 heavy (non-hydrogen) atoms. The minimum atomic E-state index is 0.462. The van der Waals surface area contributed by atoms with E-state index < -0.39 is 0 Å². The van der Waals surface area contributed by atoms with Gasteiger partial charge in [0.05, 0.1) is 15.2 Å². The molecular formula is C16H13Br2NS. The molecule has 0 saturated heterocycles. The van der Waals surface area contributed by atoms with Crippen molar-refractivity contribution in [2.75, 3.05) is 5.33 Å². The van der Waals surface area contributed by atoms with Crippen LogP contribution in [0.25, 0.3) is 10.2 Å². The molecule has 1 nitrogen and oxygen atoms in total. The van der Waals surface area contributed by atoms with E-state index in [2.05, 4.69) is 74.3 Å². The first-order chi connectivity index (χ1) is 9.76. The van der Waals surface area contributed by atoms with Gasteiger partial charge in [-0.2, -0.15) is 0 Å². The van der Waals surface area contributed by atoms with Crippen LogP contribution >= 0.6 is 43.2 Å². The van der Waals surface area contributed by atoms with Crippen LogP contribution in [0.5, 0.6) is 0 Å². The Bertz CT molecular complexity index is 673. The first-order valence-corrected chi connectivity index (χ1v) is 9.15. The molecule has 3 rings (SSSR count). The van der Waals surface area contributed by atoms with Crippen LogP contribution in [0.15, 0.2) is 53.0 Å². The number of thiazole rings is 1. The summed E-state index contributed by atoms with van der Waals surface area (Å²) in [4.78, 5) is 4.73. The smallest absolute Gasteiger partial charge is 0.0945 e. The third kappa shape index (κ3) is 3.13. The molecule has 0 N–H and O–H groups in total. The topological polar surface area (TPSA) is 12.9 Å². The van der Waals surface area contributed by atoms with Gasteiger partial charge >= 0.3 is 0 Å². The van der Waals surface area contributed by atoms with Gasteiger partial charge in [0.1, 0.15) is 0 Å². The summed E-state index contributed by atoms with van der Waals surface area (Å²) in [5, 5.41) is 2.16. The largest absolute Gasteiger partial charge is 0.241 e. The number of hydrogen-bond acceptors (Lipinski definition) is 2. The van der Waals surface area contributed by atoms with Gasteiger partial charge in [-0.25, -0.2) is 4.98 Å². The van der Waals surface area contributed by atoms with E-state index in [1.165, 1.54) is 15.3 Å². The van der Waals surface area contributed by atoms with Crippen molar-refractivity contribution in [1.29, 1.82) is 0 Å². The molecule has 3 aromatic rings. The van der Waals surface area contributed by atoms with Crippen LogP contribution in [0.1, 0.15) is 16.5 Å². The summed E-state index contributed by atoms with van der Waals surface area (Å²) < 4.78 is 2.39. The second-order valence-corrected chi connectivity index (χ2v) is 7.36. The Kier molecular flexibility index (Phi) is 4.54. The van der Waals surface area contributed by atoms with Crippen LogP contribution in [0, 0.1) is 0 Å². The Morgan fingerprint density at radius 2 is 1.80 bits per heavy atom. The maximum Gasteiger partial charge on any atom is 0.0945 e. The molecular weight excluding hydrogens is 398 g/mol. The molecule has 1 heterocycles. The second-order valence-electron chi connectivity index (χ2n) is 4.68. The van der Waals surface area contributed by atoms with Crippen molar-refractivity contribution in [3.05, 3.63) is 63.6 Å². The van der Waals surface area contributed by atoms with Gasteiger partial charge in [-0.1, -0.05) is 56.1 Å². The molecule has 0 bridgehead atoms. The zero-order valence-corrected chi connectivity index (χ0v) is 14.7. The van der Waals surface area contributed by atoms with Gasteiger partial charge in [-0.05, 0) is 35.7 Å². The average molecular weight is 411 g/mol. The summed E-state index contributed by atoms with van der Waals surface area (Å²) in [6.45, 7) is 0. The van der Waals surface area contributed by atoms with Crippen molar-refractivity contribution in [2.45, 2.75) is 12.3 Å². The third-order valence-corrected chi connectivity index (χ3v) is 5.66. The van der Waals surface area contributed by atoms with Gasteiger partial charge in [0.15, 0.2) is 0 Å². The monoisotopic (exact) mass is 409 g/mol. The fourth-order valence-corrected chi connectivity index (χ4v) is 4.13. The van der Waals surface area contributed by atoms with E-state index in [4.69, 9.17) is 4.98 Å². The van der Waals surface area contributed by atoms with Crippen LogP contribution in [0.4, 0.5) is 0 Å². The molecule has 0 saturated carbocycles. The molecule has 1 atom stereocenters. The Labute approximate surface area is 139 Å². The SMILES string of the molecule is BrCC(Cc1nc2ccccc2s1)c1ccc(Br)cc1. The summed E-state index contributed by atoms with van der Waals surface area (Å²) in [5.74, 6) is 0.462. The fraction of sp³-hybridized carbons (Fsp3) is 0.188. The van der Waals surface area contributed by atoms with Gasteiger partial charge in [-0.15, -0.1) is 11.3 Å². The van der Waals surface area contributed by atoms with Crippen molar-refractivity contribution in [1.82, 2.24) is 4.98 Å². The van der Waals surface area contributed by atoms with Crippen LogP contribution in [-0.2, 0) is 6.42 Å². The summed E-state index contributed by atoms with van der Waals surface area (Å²) in [5.41, 5.74) is 2.46. The van der Waals surface area contributed by atoms with E-state index in [1.807, 2.05) is 6.07 Å². The fourth-order valence-electron chi connectivity index (χ4n) is 2.21. The highest BCUT2D eigenvalue weighted by Crippen LogP contribution is 2.29. The Morgan fingerprint density at radius 3 is 2.50 bits per heavy atom. The number of halogens is 2. The van der Waals surface area contributed by atoms with Crippen molar-refractivity contribution in [3.63, 3.8) is 0 Å². The maximum absolute atomic E-state index is 4.73. The molecule has 0 aliphatic carbocycles. The van der Waals surface area contributed by atoms with E-state index in [1.54, 1.807) is 11.3 Å². The number of alkyl halides is 1. The molecule has 4 heteroatoms. The van der Waals surface area contributed by atoms with Gasteiger partial charge in [0.25, 0.3) is 0 Å². The number of nitrogens with zero attached hydrogens (tertiary/aromatic N) is 1. The molecule has 0 aliphatic rings. The van der Waals surface area contributed by atoms with Crippen molar-refractivity contribution >= 4 is 53.4 Å². The normalized spacial score (nSPS) is 12.7. The van der Waals surface area contributed by atoms with E-state index in [9.17, 15) is 0 Å². The third-order valence-electron chi connectivity index (χ3n) is 3.29. The zero-order chi connectivity index (χ0) is 13.9. The Hall–Kier alpha value is -0.710. The molecule has 0 amide bonds. The second kappa shape index (κ2) is 6.37. The summed E-state index contributed by atoms with van der Waals surface area (Å²) >= 11 is 8.92. The summed E-state index contributed by atoms with van der Waals surface area (Å²) in [6.07, 6.45) is 0.978. The van der Waals surface area contributed by atoms with Crippen LogP contribution in [-0.4, -0.2) is 10.3 Å². The number of fused-ring (bicyclic) bond motifs is 1. The van der Waals surface area contributed by atoms with Gasteiger partial charge in [0, 0.05) is 16.2 Å². The zero-order valence-electron chi connectivity index (χ0n) is 10.7. The lowest BCUT2D eigenvalue weighted by molar-refractivity contribution is 0.771. The van der Waals surface area contributed by atoms with Crippen LogP contribution < -0.4 is 0 Å². The lowest BCUT2D eigenvalue weighted by Crippen LogP contribution is -2.04. The van der Waals surface area contributed by atoms with Gasteiger partial charge in [-0.3, -0.25) is 0 Å². The maximum atomic E-state index is 4.73. The van der Waals surface area contributed by atoms with Crippen molar-refractivity contribution in [2.24, 2.45) is 0 Å². The number of benzene rings is 2. The summed E-state index contributed by atoms with van der Waals surface area (Å²) in [7, 11) is 0. The molecule has 2 aromatic carbocycles. The lowest BCUT2D eigenvalue weighted by Gasteiger charge is -2.12. The molecule has 102 valence electrons. The van der Waals surface area contributed by atoms with E-state index in [0.717, 1.165) is 21.7 Å². The number of para-hydroxylation sites is 1. The molecule has 0 radical (unpaired) electrons. The Morgan fingerprint density at radius 1 is 1.05 bits per heavy atom. The minimum absolute atomic E-state index is 0.462. The number of hydrogen-bond donors (Lipinski definition) is 0. The predicted octanol–water partition coefficient (Wildman–Crippen LogP) is 5.78. The molecule has 0 fully saturated rings. The lowest BCUT2D eigenvalue weighted by atomic mass is 9.98. The number of rotatable bonds is 4. The minimum Gasteiger partial charge on any atom is -0.241 e. The van der Waals surface area contributed by atoms with Gasteiger partial charge < -0.3 is 0 Å². The van der Waals surface area contributed by atoms with Crippen LogP contribution in [0.2, 0.25) is 0 Å². The molecule has 0 aliphatic heterocycles. The highest BCUT2D eigenvalue weighted by atomic mass is 79.9. The van der Waals surface area contributed by atoms with Crippen LogP contribution in [0.3, 0.4) is 0 Å². The molecule has 0 spiro atoms. The van der Waals surface area contributed by atoms with E-state index >= 15 is 0 Å². The number of aromatic nitrogens is 1. The molecule has 1 unspecified atom stereocenters. The van der Waals surface area contributed by atoms with E-state index in [0.29, 0.717) is 5.92 Å². The first-order valence-electron chi connectivity index (χ1n) is 6.42. The highest BCUT2D eigenvalue weighted by Gasteiger charge is 2.14. The predicted molar refractivity (Wildman–Crippen MR) is 94.0 cm³/mol. The molecule has 1 aromatic heterocycles. The first kappa shape index (κ1) is 14.2. The highest BCUT2D eigenvalue weighted by molar-refractivity contribution is 9.10. The van der Waals surface area contributed by atoms with Gasteiger partial charge in [0.2, 0.25) is 0 Å². The standard InChI is InChI=1S/C16H13Br2NS/c17-10-12(11-5-7-13(18)8-6-11)9-16-19-14-3-1-2-4-15(14)20-16/h1-8,12H,9-10H2. The van der Waals surface area contributed by atoms with Crippen molar-refractivity contribution < 1.29 is 0 Å². The van der Waals surface area contributed by atoms with Crippen molar-refractivity contribution in [3.8, 4) is 0 Å². The van der Waals surface area contributed by atoms with E-state index in [-0.39, 0.29) is 0 Å². The average Bonchev–Trinajstić information content (AvgIpc) is 2.88. The quantitative estimate of drug-likeness (QED) is 0.496. The Balaban J connectivity index is 1.85. The summed E-state index contributed by atoms with van der Waals surface area (Å²) in [6, 6.07) is 16.9.